The Labute approximate surface area is 122 Å². The number of pyridine rings is 1. The zero-order valence-electron chi connectivity index (χ0n) is 12.7. The minimum atomic E-state index is 0.398. The molecule has 1 saturated heterocycles. The van der Waals surface area contributed by atoms with Gasteiger partial charge in [0.05, 0.1) is 0 Å². The van der Waals surface area contributed by atoms with Crippen LogP contribution in [-0.2, 0) is 0 Å². The second-order valence-corrected chi connectivity index (χ2v) is 5.98. The lowest BCUT2D eigenvalue weighted by molar-refractivity contribution is 0.247. The van der Waals surface area contributed by atoms with E-state index in [2.05, 4.69) is 46.1 Å². The maximum Gasteiger partial charge on any atom is 0.128 e. The largest absolute Gasteiger partial charge is 0.354 e. The van der Waals surface area contributed by atoms with Gasteiger partial charge in [0.1, 0.15) is 5.82 Å². The second kappa shape index (κ2) is 6.10. The smallest absolute Gasteiger partial charge is 0.128 e. The molecule has 1 atom stereocenters. The minimum Gasteiger partial charge on any atom is -0.354 e. The first kappa shape index (κ1) is 13.8. The number of nitrogens with one attached hydrogen (secondary N) is 1. The summed E-state index contributed by atoms with van der Waals surface area (Å²) in [4.78, 5) is 9.64. The normalized spacial score (nSPS) is 22.0. The number of hydrogen-bond acceptors (Lipinski definition) is 4. The molecule has 4 nitrogen and oxygen atoms in total. The van der Waals surface area contributed by atoms with Crippen LogP contribution in [0.15, 0.2) is 18.3 Å². The van der Waals surface area contributed by atoms with Crippen molar-refractivity contribution in [2.45, 2.75) is 38.8 Å². The first-order valence-corrected chi connectivity index (χ1v) is 7.96. The Morgan fingerprint density at radius 2 is 2.05 bits per heavy atom. The van der Waals surface area contributed by atoms with Crippen molar-refractivity contribution in [1.29, 1.82) is 0 Å². The van der Waals surface area contributed by atoms with Gasteiger partial charge in [0.25, 0.3) is 0 Å². The first-order valence-electron chi connectivity index (χ1n) is 7.96. The maximum absolute atomic E-state index is 4.57. The van der Waals surface area contributed by atoms with Gasteiger partial charge in [-0.3, -0.25) is 4.90 Å². The van der Waals surface area contributed by atoms with Crippen LogP contribution in [0.4, 0.5) is 5.82 Å². The SMILES string of the molecule is CCNC(C)c1ccnc(N2CCN(C3CC3)CC2)c1. The second-order valence-electron chi connectivity index (χ2n) is 5.98. The Balaban J connectivity index is 1.63. The fraction of sp³-hybridized carbons (Fsp3) is 0.688. The van der Waals surface area contributed by atoms with Gasteiger partial charge in [0, 0.05) is 44.5 Å². The average Bonchev–Trinajstić information content (AvgIpc) is 3.33. The lowest BCUT2D eigenvalue weighted by Crippen LogP contribution is -2.47. The number of rotatable bonds is 5. The van der Waals surface area contributed by atoms with Crippen molar-refractivity contribution in [3.8, 4) is 0 Å². The molecule has 0 spiro atoms. The molecule has 0 aromatic carbocycles. The van der Waals surface area contributed by atoms with Gasteiger partial charge < -0.3 is 10.2 Å². The zero-order valence-corrected chi connectivity index (χ0v) is 12.7. The van der Waals surface area contributed by atoms with Gasteiger partial charge in [0.2, 0.25) is 0 Å². The van der Waals surface area contributed by atoms with Gasteiger partial charge in [-0.1, -0.05) is 6.92 Å². The predicted molar refractivity (Wildman–Crippen MR) is 83.1 cm³/mol. The molecule has 1 aromatic heterocycles. The highest BCUT2D eigenvalue weighted by molar-refractivity contribution is 5.42. The third-order valence-electron chi connectivity index (χ3n) is 4.48. The standard InChI is InChI=1S/C16H26N4/c1-3-17-13(2)14-6-7-18-16(12-14)20-10-8-19(9-11-20)15-4-5-15/h6-7,12-13,15,17H,3-5,8-11H2,1-2H3. The van der Waals surface area contributed by atoms with E-state index in [1.807, 2.05) is 6.20 Å². The first-order chi connectivity index (χ1) is 9.78. The Hall–Kier alpha value is -1.13. The Morgan fingerprint density at radius 1 is 1.30 bits per heavy atom. The summed E-state index contributed by atoms with van der Waals surface area (Å²) < 4.78 is 0. The summed E-state index contributed by atoms with van der Waals surface area (Å²) in [6.45, 7) is 9.98. The van der Waals surface area contributed by atoms with Crippen LogP contribution in [0.5, 0.6) is 0 Å². The summed E-state index contributed by atoms with van der Waals surface area (Å²) in [5.74, 6) is 1.14. The molecule has 2 aliphatic rings. The minimum absolute atomic E-state index is 0.398. The Bertz CT molecular complexity index is 436. The van der Waals surface area contributed by atoms with E-state index in [4.69, 9.17) is 0 Å². The molecule has 2 heterocycles. The van der Waals surface area contributed by atoms with Gasteiger partial charge >= 0.3 is 0 Å². The van der Waals surface area contributed by atoms with Crippen molar-refractivity contribution >= 4 is 5.82 Å². The van der Waals surface area contributed by atoms with Gasteiger partial charge in [-0.05, 0) is 44.0 Å². The van der Waals surface area contributed by atoms with Gasteiger partial charge in [-0.2, -0.15) is 0 Å². The highest BCUT2D eigenvalue weighted by atomic mass is 15.3. The number of hydrogen-bond donors (Lipinski definition) is 1. The molecule has 4 heteroatoms. The molecule has 1 unspecified atom stereocenters. The van der Waals surface area contributed by atoms with Crippen LogP contribution < -0.4 is 10.2 Å². The van der Waals surface area contributed by atoms with Crippen molar-refractivity contribution in [1.82, 2.24) is 15.2 Å². The summed E-state index contributed by atoms with van der Waals surface area (Å²) in [5.41, 5.74) is 1.33. The van der Waals surface area contributed by atoms with Crippen LogP contribution in [0.25, 0.3) is 0 Å². The summed E-state index contributed by atoms with van der Waals surface area (Å²) in [6.07, 6.45) is 4.77. The van der Waals surface area contributed by atoms with E-state index in [-0.39, 0.29) is 0 Å². The van der Waals surface area contributed by atoms with Crippen molar-refractivity contribution in [2.24, 2.45) is 0 Å². The molecule has 1 aliphatic heterocycles. The predicted octanol–water partition coefficient (Wildman–Crippen LogP) is 2.04. The van der Waals surface area contributed by atoms with Crippen LogP contribution in [-0.4, -0.2) is 48.6 Å². The number of piperazine rings is 1. The molecular weight excluding hydrogens is 248 g/mol. The Kier molecular flexibility index (Phi) is 4.22. The summed E-state index contributed by atoms with van der Waals surface area (Å²) >= 11 is 0. The lowest BCUT2D eigenvalue weighted by Gasteiger charge is -2.35. The van der Waals surface area contributed by atoms with E-state index in [1.165, 1.54) is 31.5 Å². The molecule has 3 rings (SSSR count). The lowest BCUT2D eigenvalue weighted by atomic mass is 10.1. The summed E-state index contributed by atoms with van der Waals surface area (Å²) in [6, 6.07) is 5.66. The zero-order chi connectivity index (χ0) is 13.9. The van der Waals surface area contributed by atoms with E-state index >= 15 is 0 Å². The molecule has 0 bridgehead atoms. The highest BCUT2D eigenvalue weighted by Gasteiger charge is 2.31. The molecule has 2 fully saturated rings. The van der Waals surface area contributed by atoms with Crippen LogP contribution in [0.1, 0.15) is 38.3 Å². The highest BCUT2D eigenvalue weighted by Crippen LogP contribution is 2.28. The molecule has 0 amide bonds. The van der Waals surface area contributed by atoms with Crippen LogP contribution in [0.2, 0.25) is 0 Å². The fourth-order valence-corrected chi connectivity index (χ4v) is 3.06. The van der Waals surface area contributed by atoms with Gasteiger partial charge in [0.15, 0.2) is 0 Å². The van der Waals surface area contributed by atoms with Crippen LogP contribution in [0.3, 0.4) is 0 Å². The quantitative estimate of drug-likeness (QED) is 0.890. The maximum atomic E-state index is 4.57. The number of nitrogens with zero attached hydrogens (tertiary/aromatic N) is 3. The number of anilines is 1. The summed E-state index contributed by atoms with van der Waals surface area (Å²) in [5, 5.41) is 3.47. The number of aromatic nitrogens is 1. The van der Waals surface area contributed by atoms with Gasteiger partial charge in [-0.15, -0.1) is 0 Å². The van der Waals surface area contributed by atoms with Gasteiger partial charge in [-0.25, -0.2) is 4.98 Å². The monoisotopic (exact) mass is 274 g/mol. The molecule has 1 aliphatic carbocycles. The van der Waals surface area contributed by atoms with Crippen molar-refractivity contribution in [3.05, 3.63) is 23.9 Å². The van der Waals surface area contributed by atoms with Crippen molar-refractivity contribution in [2.75, 3.05) is 37.6 Å². The third kappa shape index (κ3) is 3.13. The Morgan fingerprint density at radius 3 is 2.70 bits per heavy atom. The molecule has 0 radical (unpaired) electrons. The van der Waals surface area contributed by atoms with E-state index in [1.54, 1.807) is 0 Å². The molecule has 1 N–H and O–H groups in total. The van der Waals surface area contributed by atoms with E-state index in [9.17, 15) is 0 Å². The van der Waals surface area contributed by atoms with Crippen LogP contribution >= 0.6 is 0 Å². The summed E-state index contributed by atoms with van der Waals surface area (Å²) in [7, 11) is 0. The van der Waals surface area contributed by atoms with E-state index < -0.39 is 0 Å². The molecule has 1 aromatic rings. The fourth-order valence-electron chi connectivity index (χ4n) is 3.06. The topological polar surface area (TPSA) is 31.4 Å². The average molecular weight is 274 g/mol. The molecule has 1 saturated carbocycles. The van der Waals surface area contributed by atoms with E-state index in [0.717, 1.165) is 31.5 Å². The van der Waals surface area contributed by atoms with Crippen LogP contribution in [0, 0.1) is 0 Å². The van der Waals surface area contributed by atoms with Crippen molar-refractivity contribution < 1.29 is 0 Å². The molecule has 110 valence electrons. The molecule has 20 heavy (non-hydrogen) atoms. The molecular formula is C16H26N4. The van der Waals surface area contributed by atoms with Crippen molar-refractivity contribution in [3.63, 3.8) is 0 Å². The third-order valence-corrected chi connectivity index (χ3v) is 4.48. The van der Waals surface area contributed by atoms with E-state index in [0.29, 0.717) is 6.04 Å².